The Morgan fingerprint density at radius 1 is 1.37 bits per heavy atom. The number of imidazole rings is 1. The Bertz CT molecular complexity index is 817. The third-order valence-electron chi connectivity index (χ3n) is 4.78. The van der Waals surface area contributed by atoms with Gasteiger partial charge in [-0.25, -0.2) is 9.78 Å². The lowest BCUT2D eigenvalue weighted by atomic mass is 10.2. The van der Waals surface area contributed by atoms with Crippen molar-refractivity contribution in [3.63, 3.8) is 0 Å². The van der Waals surface area contributed by atoms with Crippen LogP contribution in [0.15, 0.2) is 24.4 Å². The molecule has 8 nitrogen and oxygen atoms in total. The average Bonchev–Trinajstić information content (AvgIpc) is 3.28. The molecule has 2 aromatic heterocycles. The summed E-state index contributed by atoms with van der Waals surface area (Å²) in [4.78, 5) is 33.3. The highest BCUT2D eigenvalue weighted by Gasteiger charge is 2.34. The van der Waals surface area contributed by atoms with E-state index >= 15 is 0 Å². The summed E-state index contributed by atoms with van der Waals surface area (Å²) in [5.41, 5.74) is 1.15. The second kappa shape index (κ2) is 8.39. The van der Waals surface area contributed by atoms with Crippen LogP contribution in [-0.4, -0.2) is 72.0 Å². The number of hydrogen-bond acceptors (Lipinski definition) is 4. The fraction of sp³-hybridized carbons (Fsp3) is 0.526. The average molecular weight is 373 g/mol. The lowest BCUT2D eigenvalue weighted by Gasteiger charge is -2.27. The van der Waals surface area contributed by atoms with E-state index in [9.17, 15) is 9.59 Å². The Morgan fingerprint density at radius 2 is 2.19 bits per heavy atom. The molecular weight excluding hydrogens is 346 g/mol. The number of urea groups is 1. The minimum absolute atomic E-state index is 0.0317. The molecule has 1 unspecified atom stereocenters. The first-order valence-corrected chi connectivity index (χ1v) is 9.26. The number of fused-ring (bicyclic) bond motifs is 1. The molecule has 0 saturated carbocycles. The van der Waals surface area contributed by atoms with Gasteiger partial charge in [-0.15, -0.1) is 0 Å². The summed E-state index contributed by atoms with van der Waals surface area (Å²) >= 11 is 0. The van der Waals surface area contributed by atoms with Crippen molar-refractivity contribution >= 4 is 17.5 Å². The zero-order valence-electron chi connectivity index (χ0n) is 16.1. The number of carbonyl (C=O) groups is 2. The zero-order chi connectivity index (χ0) is 19.4. The second-order valence-corrected chi connectivity index (χ2v) is 6.91. The van der Waals surface area contributed by atoms with Crippen LogP contribution in [0.2, 0.25) is 0 Å². The lowest BCUT2D eigenvalue weighted by molar-refractivity contribution is 0.0945. The first-order valence-electron chi connectivity index (χ1n) is 9.26. The number of hydrogen-bond donors (Lipinski definition) is 1. The number of amides is 3. The maximum atomic E-state index is 12.7. The number of nitrogens with one attached hydrogen (secondary N) is 1. The van der Waals surface area contributed by atoms with Crippen molar-refractivity contribution in [3.8, 4) is 0 Å². The Kier molecular flexibility index (Phi) is 5.95. The van der Waals surface area contributed by atoms with Gasteiger partial charge in [-0.3, -0.25) is 4.79 Å². The lowest BCUT2D eigenvalue weighted by Crippen LogP contribution is -2.39. The second-order valence-electron chi connectivity index (χ2n) is 6.91. The van der Waals surface area contributed by atoms with Crippen LogP contribution in [0.3, 0.4) is 0 Å². The third kappa shape index (κ3) is 3.90. The molecule has 27 heavy (non-hydrogen) atoms. The van der Waals surface area contributed by atoms with Gasteiger partial charge in [0, 0.05) is 47.1 Å². The molecule has 2 aromatic rings. The third-order valence-corrected chi connectivity index (χ3v) is 4.78. The van der Waals surface area contributed by atoms with E-state index in [1.807, 2.05) is 33.7 Å². The van der Waals surface area contributed by atoms with Crippen LogP contribution in [0.4, 0.5) is 4.79 Å². The number of likely N-dealkylation sites (tertiary alicyclic amines) is 1. The van der Waals surface area contributed by atoms with Gasteiger partial charge >= 0.3 is 6.03 Å². The van der Waals surface area contributed by atoms with Gasteiger partial charge in [0.2, 0.25) is 0 Å². The zero-order valence-corrected chi connectivity index (χ0v) is 16.1. The van der Waals surface area contributed by atoms with E-state index in [1.165, 1.54) is 0 Å². The number of carbonyl (C=O) groups excluding carboxylic acids is 2. The number of rotatable bonds is 6. The summed E-state index contributed by atoms with van der Waals surface area (Å²) in [6, 6.07) is 5.51. The molecule has 0 aliphatic carbocycles. The molecule has 1 aliphatic heterocycles. The maximum absolute atomic E-state index is 12.7. The largest absolute Gasteiger partial charge is 0.385 e. The maximum Gasteiger partial charge on any atom is 0.320 e. The first kappa shape index (κ1) is 19.2. The van der Waals surface area contributed by atoms with Crippen LogP contribution in [0.25, 0.3) is 5.52 Å². The van der Waals surface area contributed by atoms with E-state index < -0.39 is 0 Å². The van der Waals surface area contributed by atoms with Gasteiger partial charge in [0.1, 0.15) is 5.82 Å². The van der Waals surface area contributed by atoms with Gasteiger partial charge in [-0.05, 0) is 31.4 Å². The van der Waals surface area contributed by atoms with Crippen LogP contribution in [0, 0.1) is 0 Å². The van der Waals surface area contributed by atoms with Gasteiger partial charge in [0.25, 0.3) is 5.91 Å². The summed E-state index contributed by atoms with van der Waals surface area (Å²) < 4.78 is 6.94. The van der Waals surface area contributed by atoms with Crippen molar-refractivity contribution in [3.05, 3.63) is 35.9 Å². The number of methoxy groups -OCH3 is 1. The molecule has 1 fully saturated rings. The highest BCUT2D eigenvalue weighted by atomic mass is 16.5. The molecule has 8 heteroatoms. The van der Waals surface area contributed by atoms with Gasteiger partial charge in [-0.2, -0.15) is 0 Å². The fourth-order valence-electron chi connectivity index (χ4n) is 3.49. The molecule has 146 valence electrons. The Balaban J connectivity index is 1.90. The fourth-order valence-corrected chi connectivity index (χ4v) is 3.49. The standard InChI is InChI=1S/C19H27N5O3/c1-22(2)19(26)24-12-6-9-15(24)17-21-16(14-8-4-5-11-23(14)17)18(25)20-10-7-13-27-3/h4-5,8,11,15H,6-7,9-10,12-13H2,1-3H3,(H,20,25). The van der Waals surface area contributed by atoms with Crippen molar-refractivity contribution in [1.29, 1.82) is 0 Å². The minimum atomic E-state index is -0.204. The summed E-state index contributed by atoms with van der Waals surface area (Å²) in [5, 5.41) is 2.90. The first-order chi connectivity index (χ1) is 13.0. The molecule has 0 radical (unpaired) electrons. The summed E-state index contributed by atoms with van der Waals surface area (Å²) in [6.45, 7) is 1.82. The number of aromatic nitrogens is 2. The molecule has 1 N–H and O–H groups in total. The quantitative estimate of drug-likeness (QED) is 0.785. The van der Waals surface area contributed by atoms with Crippen LogP contribution in [-0.2, 0) is 4.74 Å². The molecule has 1 saturated heterocycles. The van der Waals surface area contributed by atoms with Gasteiger partial charge in [0.15, 0.2) is 5.69 Å². The van der Waals surface area contributed by atoms with Gasteiger partial charge in [-0.1, -0.05) is 6.07 Å². The minimum Gasteiger partial charge on any atom is -0.385 e. The van der Waals surface area contributed by atoms with E-state index in [1.54, 1.807) is 26.1 Å². The topological polar surface area (TPSA) is 79.2 Å². The molecule has 0 aromatic carbocycles. The summed E-state index contributed by atoms with van der Waals surface area (Å²) in [5.74, 6) is 0.532. The van der Waals surface area contributed by atoms with Crippen LogP contribution in [0.5, 0.6) is 0 Å². The molecule has 0 bridgehead atoms. The Labute approximate surface area is 159 Å². The molecule has 1 aliphatic rings. The van der Waals surface area contributed by atoms with Crippen LogP contribution in [0.1, 0.15) is 41.6 Å². The van der Waals surface area contributed by atoms with E-state index in [2.05, 4.69) is 10.3 Å². The van der Waals surface area contributed by atoms with E-state index in [0.717, 1.165) is 30.6 Å². The highest BCUT2D eigenvalue weighted by molar-refractivity contribution is 5.99. The SMILES string of the molecule is COCCCNC(=O)c1nc(C2CCCN2C(=O)N(C)C)n2ccccc12. The van der Waals surface area contributed by atoms with E-state index in [4.69, 9.17) is 4.74 Å². The predicted molar refractivity (Wildman–Crippen MR) is 102 cm³/mol. The summed E-state index contributed by atoms with van der Waals surface area (Å²) in [6.07, 6.45) is 4.40. The van der Waals surface area contributed by atoms with Crippen molar-refractivity contribution in [1.82, 2.24) is 24.5 Å². The molecule has 3 amide bonds. The molecule has 1 atom stereocenters. The van der Waals surface area contributed by atoms with Crippen LogP contribution < -0.4 is 5.32 Å². The van der Waals surface area contributed by atoms with Crippen molar-refractivity contribution in [2.75, 3.05) is 40.9 Å². The van der Waals surface area contributed by atoms with Crippen molar-refractivity contribution < 1.29 is 14.3 Å². The van der Waals surface area contributed by atoms with E-state index in [0.29, 0.717) is 25.4 Å². The molecule has 3 rings (SSSR count). The number of pyridine rings is 1. The van der Waals surface area contributed by atoms with Crippen molar-refractivity contribution in [2.45, 2.75) is 25.3 Å². The summed E-state index contributed by atoms with van der Waals surface area (Å²) in [7, 11) is 5.14. The molecule has 0 spiro atoms. The number of ether oxygens (including phenoxy) is 1. The Morgan fingerprint density at radius 3 is 2.93 bits per heavy atom. The van der Waals surface area contributed by atoms with Crippen molar-refractivity contribution in [2.24, 2.45) is 0 Å². The van der Waals surface area contributed by atoms with Gasteiger partial charge in [0.05, 0.1) is 11.6 Å². The monoisotopic (exact) mass is 373 g/mol. The molecule has 3 heterocycles. The smallest absolute Gasteiger partial charge is 0.320 e. The van der Waals surface area contributed by atoms with E-state index in [-0.39, 0.29) is 18.0 Å². The number of nitrogens with zero attached hydrogens (tertiary/aromatic N) is 4. The normalized spacial score (nSPS) is 16.7. The Hall–Kier alpha value is -2.61. The van der Waals surface area contributed by atoms with Gasteiger partial charge < -0.3 is 24.3 Å². The predicted octanol–water partition coefficient (Wildman–Crippen LogP) is 1.92. The molecular formula is C19H27N5O3. The van der Waals surface area contributed by atoms with Crippen LogP contribution >= 0.6 is 0 Å². The highest BCUT2D eigenvalue weighted by Crippen LogP contribution is 2.33.